The average Bonchev–Trinajstić information content (AvgIpc) is 2.34. The molecule has 2 rings (SSSR count). The molecule has 1 aromatic rings. The molecular weight excluding hydrogens is 272 g/mol. The second-order valence-corrected chi connectivity index (χ2v) is 5.57. The SMILES string of the molecule is NC(=O)OCCNC1CCSc2ccc(Cl)cc21. The van der Waals surface area contributed by atoms with Gasteiger partial charge < -0.3 is 15.8 Å². The highest BCUT2D eigenvalue weighted by Gasteiger charge is 2.20. The molecule has 1 heterocycles. The quantitative estimate of drug-likeness (QED) is 0.835. The van der Waals surface area contributed by atoms with Gasteiger partial charge >= 0.3 is 6.09 Å². The van der Waals surface area contributed by atoms with Gasteiger partial charge in [0.15, 0.2) is 0 Å². The lowest BCUT2D eigenvalue weighted by atomic mass is 10.0. The van der Waals surface area contributed by atoms with E-state index in [-0.39, 0.29) is 12.6 Å². The van der Waals surface area contributed by atoms with Crippen molar-refractivity contribution in [2.24, 2.45) is 5.73 Å². The van der Waals surface area contributed by atoms with Gasteiger partial charge in [-0.3, -0.25) is 0 Å². The van der Waals surface area contributed by atoms with E-state index in [1.807, 2.05) is 23.9 Å². The lowest BCUT2D eigenvalue weighted by molar-refractivity contribution is 0.156. The average molecular weight is 287 g/mol. The Labute approximate surface area is 115 Å². The van der Waals surface area contributed by atoms with Gasteiger partial charge in [-0.1, -0.05) is 11.6 Å². The van der Waals surface area contributed by atoms with E-state index in [0.717, 1.165) is 17.2 Å². The monoisotopic (exact) mass is 286 g/mol. The van der Waals surface area contributed by atoms with E-state index in [2.05, 4.69) is 16.1 Å². The van der Waals surface area contributed by atoms with Crippen LogP contribution in [0.5, 0.6) is 0 Å². The summed E-state index contributed by atoms with van der Waals surface area (Å²) in [7, 11) is 0. The first-order chi connectivity index (χ1) is 8.66. The third-order valence-corrected chi connectivity index (χ3v) is 4.11. The Morgan fingerprint density at radius 3 is 3.22 bits per heavy atom. The molecule has 1 atom stereocenters. The van der Waals surface area contributed by atoms with E-state index in [0.29, 0.717) is 6.54 Å². The number of nitrogens with two attached hydrogens (primary N) is 1. The van der Waals surface area contributed by atoms with Gasteiger partial charge in [-0.05, 0) is 35.9 Å². The van der Waals surface area contributed by atoms with Gasteiger partial charge in [-0.25, -0.2) is 4.79 Å². The second kappa shape index (κ2) is 6.31. The Morgan fingerprint density at radius 1 is 1.61 bits per heavy atom. The standard InChI is InChI=1S/C12H15ClN2O2S/c13-8-1-2-11-9(7-8)10(3-6-18-11)15-4-5-17-12(14)16/h1-2,7,10,15H,3-6H2,(H2,14,16). The summed E-state index contributed by atoms with van der Waals surface area (Å²) in [4.78, 5) is 11.7. The zero-order valence-electron chi connectivity index (χ0n) is 9.82. The number of ether oxygens (including phenoxy) is 1. The van der Waals surface area contributed by atoms with E-state index in [1.165, 1.54) is 10.5 Å². The molecule has 0 bridgehead atoms. The third kappa shape index (κ3) is 3.54. The van der Waals surface area contributed by atoms with Crippen molar-refractivity contribution in [3.8, 4) is 0 Å². The molecule has 1 aromatic carbocycles. The molecule has 1 amide bonds. The maximum absolute atomic E-state index is 10.4. The molecule has 1 aliphatic rings. The summed E-state index contributed by atoms with van der Waals surface area (Å²) in [5.41, 5.74) is 6.12. The van der Waals surface area contributed by atoms with E-state index in [1.54, 1.807) is 0 Å². The Balaban J connectivity index is 1.95. The van der Waals surface area contributed by atoms with Crippen LogP contribution in [0.1, 0.15) is 18.0 Å². The van der Waals surface area contributed by atoms with Crippen LogP contribution in [0.25, 0.3) is 0 Å². The van der Waals surface area contributed by atoms with Gasteiger partial charge in [0.1, 0.15) is 6.61 Å². The molecule has 1 aliphatic heterocycles. The van der Waals surface area contributed by atoms with Crippen LogP contribution in [0.3, 0.4) is 0 Å². The normalized spacial score (nSPS) is 18.2. The first-order valence-corrected chi connectivity index (χ1v) is 7.11. The van der Waals surface area contributed by atoms with E-state index < -0.39 is 6.09 Å². The predicted molar refractivity (Wildman–Crippen MR) is 73.1 cm³/mol. The fourth-order valence-corrected chi connectivity index (χ4v) is 3.25. The molecule has 0 fully saturated rings. The van der Waals surface area contributed by atoms with Crippen LogP contribution in [-0.4, -0.2) is 25.0 Å². The number of hydrogen-bond acceptors (Lipinski definition) is 4. The van der Waals surface area contributed by atoms with Gasteiger partial charge in [0.2, 0.25) is 0 Å². The van der Waals surface area contributed by atoms with Crippen molar-refractivity contribution in [1.82, 2.24) is 5.32 Å². The van der Waals surface area contributed by atoms with Gasteiger partial charge in [0, 0.05) is 22.5 Å². The first-order valence-electron chi connectivity index (χ1n) is 5.74. The molecule has 0 spiro atoms. The van der Waals surface area contributed by atoms with Crippen LogP contribution in [0, 0.1) is 0 Å². The summed E-state index contributed by atoms with van der Waals surface area (Å²) in [5, 5.41) is 4.10. The molecule has 18 heavy (non-hydrogen) atoms. The fourth-order valence-electron chi connectivity index (χ4n) is 1.96. The van der Waals surface area contributed by atoms with Crippen molar-refractivity contribution in [3.63, 3.8) is 0 Å². The number of halogens is 1. The molecule has 0 aromatic heterocycles. The minimum Gasteiger partial charge on any atom is -0.448 e. The molecule has 6 heteroatoms. The summed E-state index contributed by atoms with van der Waals surface area (Å²) in [6.07, 6.45) is 0.300. The minimum atomic E-state index is -0.737. The van der Waals surface area contributed by atoms with Gasteiger partial charge in [-0.2, -0.15) is 0 Å². The number of hydrogen-bond donors (Lipinski definition) is 2. The summed E-state index contributed by atoms with van der Waals surface area (Å²) < 4.78 is 4.69. The molecule has 0 aliphatic carbocycles. The summed E-state index contributed by atoms with van der Waals surface area (Å²) >= 11 is 7.86. The van der Waals surface area contributed by atoms with Crippen molar-refractivity contribution in [3.05, 3.63) is 28.8 Å². The topological polar surface area (TPSA) is 64.4 Å². The molecule has 0 saturated carbocycles. The highest BCUT2D eigenvalue weighted by Crippen LogP contribution is 2.37. The van der Waals surface area contributed by atoms with Crippen molar-refractivity contribution in [2.75, 3.05) is 18.9 Å². The van der Waals surface area contributed by atoms with E-state index >= 15 is 0 Å². The second-order valence-electron chi connectivity index (χ2n) is 3.99. The zero-order valence-corrected chi connectivity index (χ0v) is 11.4. The van der Waals surface area contributed by atoms with Crippen LogP contribution in [0.15, 0.2) is 23.1 Å². The van der Waals surface area contributed by atoms with E-state index in [4.69, 9.17) is 17.3 Å². The van der Waals surface area contributed by atoms with E-state index in [9.17, 15) is 4.79 Å². The largest absolute Gasteiger partial charge is 0.448 e. The number of fused-ring (bicyclic) bond motifs is 1. The molecule has 4 nitrogen and oxygen atoms in total. The van der Waals surface area contributed by atoms with Crippen LogP contribution in [0.2, 0.25) is 5.02 Å². The Kier molecular flexibility index (Phi) is 4.74. The zero-order chi connectivity index (χ0) is 13.0. The number of nitrogens with one attached hydrogen (secondary N) is 1. The van der Waals surface area contributed by atoms with Gasteiger partial charge in [0.05, 0.1) is 0 Å². The summed E-state index contributed by atoms with van der Waals surface area (Å²) in [5.74, 6) is 1.07. The first kappa shape index (κ1) is 13.5. The number of carbonyl (C=O) groups excluding carboxylic acids is 1. The Hall–Kier alpha value is -0.910. The van der Waals surface area contributed by atoms with Crippen LogP contribution in [-0.2, 0) is 4.74 Å². The van der Waals surface area contributed by atoms with Gasteiger partial charge in [0.25, 0.3) is 0 Å². The molecule has 3 N–H and O–H groups in total. The molecule has 0 saturated heterocycles. The molecule has 0 radical (unpaired) electrons. The molecule has 1 unspecified atom stereocenters. The maximum atomic E-state index is 10.4. The number of carbonyl (C=O) groups is 1. The predicted octanol–water partition coefficient (Wildman–Crippen LogP) is 2.56. The molecule has 98 valence electrons. The van der Waals surface area contributed by atoms with Crippen molar-refractivity contribution < 1.29 is 9.53 Å². The Morgan fingerprint density at radius 2 is 2.44 bits per heavy atom. The van der Waals surface area contributed by atoms with Crippen molar-refractivity contribution in [1.29, 1.82) is 0 Å². The molecular formula is C12H15ClN2O2S. The lowest BCUT2D eigenvalue weighted by Gasteiger charge is -2.26. The number of amides is 1. The van der Waals surface area contributed by atoms with Crippen LogP contribution >= 0.6 is 23.4 Å². The number of rotatable bonds is 4. The van der Waals surface area contributed by atoms with Crippen molar-refractivity contribution in [2.45, 2.75) is 17.4 Å². The number of thioether (sulfide) groups is 1. The summed E-state index contributed by atoms with van der Waals surface area (Å²) in [6, 6.07) is 6.22. The highest BCUT2D eigenvalue weighted by molar-refractivity contribution is 7.99. The third-order valence-electron chi connectivity index (χ3n) is 2.75. The van der Waals surface area contributed by atoms with Gasteiger partial charge in [-0.15, -0.1) is 11.8 Å². The Bertz CT molecular complexity index is 442. The van der Waals surface area contributed by atoms with Crippen LogP contribution < -0.4 is 11.1 Å². The summed E-state index contributed by atoms with van der Waals surface area (Å²) in [6.45, 7) is 0.874. The number of benzene rings is 1. The van der Waals surface area contributed by atoms with Crippen molar-refractivity contribution >= 4 is 29.5 Å². The maximum Gasteiger partial charge on any atom is 0.404 e. The fraction of sp³-hybridized carbons (Fsp3) is 0.417. The highest BCUT2D eigenvalue weighted by atomic mass is 35.5. The minimum absolute atomic E-state index is 0.261. The smallest absolute Gasteiger partial charge is 0.404 e. The number of primary amides is 1. The lowest BCUT2D eigenvalue weighted by Crippen LogP contribution is -2.29. The van der Waals surface area contributed by atoms with Crippen LogP contribution in [0.4, 0.5) is 4.79 Å².